The summed E-state index contributed by atoms with van der Waals surface area (Å²) in [4.78, 5) is 16.6. The minimum Gasteiger partial charge on any atom is -0.355 e. The normalized spacial score (nSPS) is 14.7. The van der Waals surface area contributed by atoms with E-state index in [2.05, 4.69) is 36.3 Å². The number of hydrogen-bond donors (Lipinski definition) is 1. The third kappa shape index (κ3) is 4.11. The predicted octanol–water partition coefficient (Wildman–Crippen LogP) is 3.86. The van der Waals surface area contributed by atoms with Gasteiger partial charge >= 0.3 is 0 Å². The number of allylic oxidation sites excluding steroid dienone is 3. The Morgan fingerprint density at radius 2 is 2.08 bits per heavy atom. The summed E-state index contributed by atoms with van der Waals surface area (Å²) in [6, 6.07) is 3.98. The zero-order chi connectivity index (χ0) is 17.7. The first-order chi connectivity index (χ1) is 11.3. The first kappa shape index (κ1) is 17.9. The lowest BCUT2D eigenvalue weighted by atomic mass is 9.77. The van der Waals surface area contributed by atoms with Gasteiger partial charge in [-0.2, -0.15) is 5.26 Å². The molecular formula is C20H25N3O. The minimum atomic E-state index is -0.510. The van der Waals surface area contributed by atoms with Crippen molar-refractivity contribution >= 4 is 11.5 Å². The average Bonchev–Trinajstić information content (AvgIpc) is 2.59. The van der Waals surface area contributed by atoms with Gasteiger partial charge in [0.15, 0.2) is 0 Å². The van der Waals surface area contributed by atoms with E-state index in [1.165, 1.54) is 0 Å². The number of carbonyl (C=O) groups is 1. The number of pyridine rings is 1. The molecule has 4 heteroatoms. The average molecular weight is 323 g/mol. The summed E-state index contributed by atoms with van der Waals surface area (Å²) in [5, 5.41) is 12.0. The highest BCUT2D eigenvalue weighted by Gasteiger charge is 2.32. The highest BCUT2D eigenvalue weighted by atomic mass is 16.2. The van der Waals surface area contributed by atoms with E-state index in [-0.39, 0.29) is 5.91 Å². The van der Waals surface area contributed by atoms with E-state index < -0.39 is 5.41 Å². The Morgan fingerprint density at radius 3 is 2.67 bits per heavy atom. The molecule has 0 aliphatic heterocycles. The molecule has 0 bridgehead atoms. The molecule has 24 heavy (non-hydrogen) atoms. The fourth-order valence-corrected chi connectivity index (χ4v) is 2.74. The molecule has 1 aromatic heterocycles. The highest BCUT2D eigenvalue weighted by Crippen LogP contribution is 2.36. The molecular weight excluding hydrogens is 298 g/mol. The lowest BCUT2D eigenvalue weighted by molar-refractivity contribution is -0.127. The Balaban J connectivity index is 2.17. The van der Waals surface area contributed by atoms with Crippen LogP contribution in [0.3, 0.4) is 0 Å². The van der Waals surface area contributed by atoms with Crippen LogP contribution in [-0.4, -0.2) is 17.4 Å². The molecule has 1 aliphatic rings. The maximum atomic E-state index is 12.5. The molecule has 0 atom stereocenters. The van der Waals surface area contributed by atoms with Gasteiger partial charge in [0.1, 0.15) is 6.07 Å². The van der Waals surface area contributed by atoms with E-state index in [4.69, 9.17) is 5.26 Å². The van der Waals surface area contributed by atoms with Crippen LogP contribution >= 0.6 is 0 Å². The third-order valence-corrected chi connectivity index (χ3v) is 4.43. The largest absolute Gasteiger partial charge is 0.355 e. The van der Waals surface area contributed by atoms with Crippen LogP contribution in [0, 0.1) is 22.7 Å². The monoisotopic (exact) mass is 323 g/mol. The van der Waals surface area contributed by atoms with Gasteiger partial charge in [-0.25, -0.2) is 0 Å². The molecule has 1 aromatic rings. The molecule has 0 fully saturated rings. The zero-order valence-corrected chi connectivity index (χ0v) is 14.9. The first-order valence-electron chi connectivity index (χ1n) is 8.38. The second kappa shape index (κ2) is 7.44. The van der Waals surface area contributed by atoms with Gasteiger partial charge in [0.2, 0.25) is 5.91 Å². The molecule has 0 saturated heterocycles. The standard InChI is InChI=1S/C20H25N3O/c1-14(2)11-23-19(24)20(3,4)18-7-5-16(6-8-18)17-9-15(10-21)12-22-13-17/h5,7,9,12-14H,6,8,11H2,1-4H3,(H,23,24). The van der Waals surface area contributed by atoms with Gasteiger partial charge in [0, 0.05) is 18.9 Å². The number of aromatic nitrogens is 1. The zero-order valence-electron chi connectivity index (χ0n) is 14.9. The van der Waals surface area contributed by atoms with Crippen molar-refractivity contribution in [3.63, 3.8) is 0 Å². The summed E-state index contributed by atoms with van der Waals surface area (Å²) >= 11 is 0. The third-order valence-electron chi connectivity index (χ3n) is 4.43. The quantitative estimate of drug-likeness (QED) is 0.895. The number of nitriles is 1. The SMILES string of the molecule is CC(C)CNC(=O)C(C)(C)C1=CC=C(c2cncc(C#N)c2)CC1. The van der Waals surface area contributed by atoms with Gasteiger partial charge in [-0.05, 0) is 49.8 Å². The molecule has 2 rings (SSSR count). The van der Waals surface area contributed by atoms with Crippen LogP contribution < -0.4 is 5.32 Å². The second-order valence-electron chi connectivity index (χ2n) is 7.19. The van der Waals surface area contributed by atoms with Crippen LogP contribution in [0.5, 0.6) is 0 Å². The number of nitrogens with one attached hydrogen (secondary N) is 1. The Morgan fingerprint density at radius 1 is 1.33 bits per heavy atom. The van der Waals surface area contributed by atoms with Gasteiger partial charge in [0.25, 0.3) is 0 Å². The lowest BCUT2D eigenvalue weighted by Gasteiger charge is -2.29. The van der Waals surface area contributed by atoms with Crippen LogP contribution in [0.2, 0.25) is 0 Å². The Bertz CT molecular complexity index is 721. The van der Waals surface area contributed by atoms with E-state index in [0.717, 1.165) is 29.6 Å². The smallest absolute Gasteiger partial charge is 0.229 e. The van der Waals surface area contributed by atoms with E-state index in [1.54, 1.807) is 12.4 Å². The summed E-state index contributed by atoms with van der Waals surface area (Å²) < 4.78 is 0. The Labute approximate surface area is 144 Å². The molecule has 0 spiro atoms. The molecule has 0 aromatic carbocycles. The van der Waals surface area contributed by atoms with Crippen molar-refractivity contribution in [1.82, 2.24) is 10.3 Å². The summed E-state index contributed by atoms with van der Waals surface area (Å²) in [5.41, 5.74) is 3.32. The van der Waals surface area contributed by atoms with Gasteiger partial charge < -0.3 is 5.32 Å². The molecule has 1 amide bonds. The van der Waals surface area contributed by atoms with Crippen molar-refractivity contribution in [1.29, 1.82) is 5.26 Å². The van der Waals surface area contributed by atoms with E-state index in [9.17, 15) is 4.79 Å². The van der Waals surface area contributed by atoms with Gasteiger partial charge in [-0.1, -0.05) is 31.6 Å². The maximum absolute atomic E-state index is 12.5. The lowest BCUT2D eigenvalue weighted by Crippen LogP contribution is -2.40. The van der Waals surface area contributed by atoms with E-state index in [1.807, 2.05) is 26.0 Å². The molecule has 1 N–H and O–H groups in total. The van der Waals surface area contributed by atoms with E-state index >= 15 is 0 Å². The van der Waals surface area contributed by atoms with Crippen LogP contribution in [0.4, 0.5) is 0 Å². The highest BCUT2D eigenvalue weighted by molar-refractivity contribution is 5.85. The van der Waals surface area contributed by atoms with Crippen molar-refractivity contribution in [3.8, 4) is 6.07 Å². The summed E-state index contributed by atoms with van der Waals surface area (Å²) in [6.07, 6.45) is 9.14. The van der Waals surface area contributed by atoms with Crippen molar-refractivity contribution < 1.29 is 4.79 Å². The first-order valence-corrected chi connectivity index (χ1v) is 8.38. The van der Waals surface area contributed by atoms with E-state index in [0.29, 0.717) is 18.0 Å². The molecule has 1 heterocycles. The van der Waals surface area contributed by atoms with Gasteiger partial charge in [-0.15, -0.1) is 0 Å². The predicted molar refractivity (Wildman–Crippen MR) is 95.9 cm³/mol. The molecule has 4 nitrogen and oxygen atoms in total. The van der Waals surface area contributed by atoms with Crippen LogP contribution in [-0.2, 0) is 4.79 Å². The number of carbonyl (C=O) groups excluding carboxylic acids is 1. The van der Waals surface area contributed by atoms with Gasteiger partial charge in [0.05, 0.1) is 11.0 Å². The molecule has 126 valence electrons. The van der Waals surface area contributed by atoms with Crippen molar-refractivity contribution in [2.45, 2.75) is 40.5 Å². The number of rotatable bonds is 5. The van der Waals surface area contributed by atoms with Gasteiger partial charge in [-0.3, -0.25) is 9.78 Å². The molecule has 0 unspecified atom stereocenters. The fourth-order valence-electron chi connectivity index (χ4n) is 2.74. The molecule has 0 radical (unpaired) electrons. The van der Waals surface area contributed by atoms with Crippen LogP contribution in [0.1, 0.15) is 51.7 Å². The fraction of sp³-hybridized carbons (Fsp3) is 0.450. The van der Waals surface area contributed by atoms with Crippen molar-refractivity contribution in [2.24, 2.45) is 11.3 Å². The number of amides is 1. The Hall–Kier alpha value is -2.41. The summed E-state index contributed by atoms with van der Waals surface area (Å²) in [7, 11) is 0. The topological polar surface area (TPSA) is 65.8 Å². The summed E-state index contributed by atoms with van der Waals surface area (Å²) in [6.45, 7) is 8.83. The second-order valence-corrected chi connectivity index (χ2v) is 7.19. The minimum absolute atomic E-state index is 0.0763. The Kier molecular flexibility index (Phi) is 5.56. The number of hydrogen-bond acceptors (Lipinski definition) is 3. The van der Waals surface area contributed by atoms with Crippen LogP contribution in [0.25, 0.3) is 5.57 Å². The maximum Gasteiger partial charge on any atom is 0.229 e. The van der Waals surface area contributed by atoms with Crippen LogP contribution in [0.15, 0.2) is 36.2 Å². The summed E-state index contributed by atoms with van der Waals surface area (Å²) in [5.74, 6) is 0.518. The molecule has 0 saturated carbocycles. The number of nitrogens with zero attached hydrogens (tertiary/aromatic N) is 2. The van der Waals surface area contributed by atoms with Crippen molar-refractivity contribution in [2.75, 3.05) is 6.54 Å². The van der Waals surface area contributed by atoms with Crippen molar-refractivity contribution in [3.05, 3.63) is 47.3 Å². The molecule has 1 aliphatic carbocycles.